The van der Waals surface area contributed by atoms with Crippen molar-refractivity contribution in [2.45, 2.75) is 51.5 Å². The summed E-state index contributed by atoms with van der Waals surface area (Å²) in [7, 11) is 0. The highest BCUT2D eigenvalue weighted by Gasteiger charge is 2.31. The third-order valence-electron chi connectivity index (χ3n) is 4.26. The third-order valence-corrected chi connectivity index (χ3v) is 4.26. The lowest BCUT2D eigenvalue weighted by Gasteiger charge is -2.19. The van der Waals surface area contributed by atoms with Gasteiger partial charge in [-0.2, -0.15) is 0 Å². The second kappa shape index (κ2) is 8.40. The van der Waals surface area contributed by atoms with Crippen LogP contribution in [0.1, 0.15) is 49.7 Å². The van der Waals surface area contributed by atoms with Crippen LogP contribution in [0.25, 0.3) is 0 Å². The van der Waals surface area contributed by atoms with Gasteiger partial charge in [0, 0.05) is 19.0 Å². The van der Waals surface area contributed by atoms with E-state index in [-0.39, 0.29) is 24.4 Å². The average molecular weight is 311 g/mol. The van der Waals surface area contributed by atoms with Gasteiger partial charge in [-0.25, -0.2) is 0 Å². The Balaban J connectivity index is 0.00000220. The number of hydrogen-bond acceptors (Lipinski definition) is 2. The smallest absolute Gasteiger partial charge is 0.220 e. The molecule has 0 aliphatic heterocycles. The summed E-state index contributed by atoms with van der Waals surface area (Å²) in [5, 5.41) is 3.11. The summed E-state index contributed by atoms with van der Waals surface area (Å²) in [5.41, 5.74) is 8.25. The summed E-state index contributed by atoms with van der Waals surface area (Å²) in [4.78, 5) is 12.2. The highest BCUT2D eigenvalue weighted by Crippen LogP contribution is 2.32. The van der Waals surface area contributed by atoms with Crippen LogP contribution < -0.4 is 11.1 Å². The Labute approximate surface area is 134 Å². The predicted molar refractivity (Wildman–Crippen MR) is 89.8 cm³/mol. The summed E-state index contributed by atoms with van der Waals surface area (Å²) >= 11 is 0. The fourth-order valence-corrected chi connectivity index (χ4v) is 2.69. The molecule has 2 rings (SSSR count). The lowest BCUT2D eigenvalue weighted by Crippen LogP contribution is -2.42. The summed E-state index contributed by atoms with van der Waals surface area (Å²) < 4.78 is 0. The lowest BCUT2D eigenvalue weighted by molar-refractivity contribution is -0.122. The molecule has 2 unspecified atom stereocenters. The first kappa shape index (κ1) is 18.0. The number of carbonyl (C=O) groups excluding carboxylic acids is 1. The van der Waals surface area contributed by atoms with E-state index in [1.54, 1.807) is 0 Å². The van der Waals surface area contributed by atoms with Crippen LogP contribution in [0, 0.1) is 12.8 Å². The van der Waals surface area contributed by atoms with Gasteiger partial charge in [0.25, 0.3) is 0 Å². The van der Waals surface area contributed by atoms with E-state index in [9.17, 15) is 4.79 Å². The van der Waals surface area contributed by atoms with Crippen LogP contribution in [0.4, 0.5) is 0 Å². The predicted octanol–water partition coefficient (Wildman–Crippen LogP) is 3.15. The van der Waals surface area contributed by atoms with Gasteiger partial charge in [-0.05, 0) is 43.6 Å². The largest absolute Gasteiger partial charge is 0.352 e. The second-order valence-corrected chi connectivity index (χ2v) is 5.97. The van der Waals surface area contributed by atoms with Gasteiger partial charge in [-0.1, -0.05) is 36.8 Å². The Kier molecular flexibility index (Phi) is 7.20. The minimum Gasteiger partial charge on any atom is -0.352 e. The number of benzene rings is 1. The molecule has 0 radical (unpaired) electrons. The van der Waals surface area contributed by atoms with Crippen LogP contribution in [0.2, 0.25) is 0 Å². The Morgan fingerprint density at radius 1 is 1.33 bits per heavy atom. The van der Waals surface area contributed by atoms with Gasteiger partial charge in [-0.3, -0.25) is 4.79 Å². The summed E-state index contributed by atoms with van der Waals surface area (Å²) in [6, 6.07) is 8.68. The van der Waals surface area contributed by atoms with Gasteiger partial charge in [0.05, 0.1) is 0 Å². The summed E-state index contributed by atoms with van der Waals surface area (Å²) in [5.74, 6) is 1.05. The van der Waals surface area contributed by atoms with Crippen molar-refractivity contribution < 1.29 is 4.79 Å². The minimum absolute atomic E-state index is 0. The number of amides is 1. The number of halogens is 1. The number of hydrogen-bond donors (Lipinski definition) is 2. The van der Waals surface area contributed by atoms with Crippen LogP contribution in [0.3, 0.4) is 0 Å². The first-order chi connectivity index (χ1) is 9.63. The zero-order valence-corrected chi connectivity index (χ0v) is 13.8. The molecule has 1 aliphatic carbocycles. The normalized spacial score (nSPS) is 16.7. The first-order valence-corrected chi connectivity index (χ1v) is 7.70. The topological polar surface area (TPSA) is 55.1 Å². The Morgan fingerprint density at radius 2 is 1.95 bits per heavy atom. The van der Waals surface area contributed by atoms with Crippen molar-refractivity contribution in [3.05, 3.63) is 35.4 Å². The fraction of sp³-hybridized carbons (Fsp3) is 0.588. The molecule has 1 fully saturated rings. The van der Waals surface area contributed by atoms with Gasteiger partial charge in [0.15, 0.2) is 0 Å². The zero-order chi connectivity index (χ0) is 14.5. The Bertz CT molecular complexity index is 443. The summed E-state index contributed by atoms with van der Waals surface area (Å²) in [6.45, 7) is 4.77. The monoisotopic (exact) mass is 310 g/mol. The van der Waals surface area contributed by atoms with Crippen LogP contribution in [0.15, 0.2) is 24.3 Å². The number of carbonyl (C=O) groups is 1. The van der Waals surface area contributed by atoms with Gasteiger partial charge in [-0.15, -0.1) is 12.4 Å². The maximum absolute atomic E-state index is 12.2. The lowest BCUT2D eigenvalue weighted by atomic mass is 9.92. The van der Waals surface area contributed by atoms with Gasteiger partial charge >= 0.3 is 0 Å². The van der Waals surface area contributed by atoms with Crippen molar-refractivity contribution >= 4 is 18.3 Å². The number of nitrogens with one attached hydrogen (secondary N) is 1. The highest BCUT2D eigenvalue weighted by molar-refractivity contribution is 5.85. The zero-order valence-electron chi connectivity index (χ0n) is 13.0. The average Bonchev–Trinajstić information content (AvgIpc) is 3.28. The van der Waals surface area contributed by atoms with E-state index < -0.39 is 0 Å². The van der Waals surface area contributed by atoms with Crippen molar-refractivity contribution in [3.8, 4) is 0 Å². The molecular formula is C17H27ClN2O. The van der Waals surface area contributed by atoms with E-state index in [1.165, 1.54) is 24.0 Å². The van der Waals surface area contributed by atoms with Crippen molar-refractivity contribution in [3.63, 3.8) is 0 Å². The van der Waals surface area contributed by atoms with Gasteiger partial charge in [0.2, 0.25) is 5.91 Å². The van der Waals surface area contributed by atoms with Crippen molar-refractivity contribution in [2.75, 3.05) is 6.54 Å². The molecule has 3 nitrogen and oxygen atoms in total. The molecule has 0 bridgehead atoms. The molecule has 1 aromatic rings. The van der Waals surface area contributed by atoms with Gasteiger partial charge in [0.1, 0.15) is 0 Å². The molecule has 0 heterocycles. The van der Waals surface area contributed by atoms with Crippen LogP contribution in [0.5, 0.6) is 0 Å². The van der Waals surface area contributed by atoms with E-state index in [1.807, 2.05) is 0 Å². The third kappa shape index (κ3) is 5.33. The molecule has 0 aromatic heterocycles. The van der Waals surface area contributed by atoms with Crippen LogP contribution in [-0.4, -0.2) is 18.5 Å². The quantitative estimate of drug-likeness (QED) is 0.813. The highest BCUT2D eigenvalue weighted by atomic mass is 35.5. The van der Waals surface area contributed by atoms with E-state index >= 15 is 0 Å². The molecule has 21 heavy (non-hydrogen) atoms. The molecule has 118 valence electrons. The molecule has 1 amide bonds. The maximum atomic E-state index is 12.2. The molecule has 1 aromatic carbocycles. The number of nitrogens with two attached hydrogens (primary N) is 1. The van der Waals surface area contributed by atoms with E-state index in [2.05, 4.69) is 43.4 Å². The standard InChI is InChI=1S/C17H26N2O.ClH/c1-3-13(14-6-4-12(2)5-7-14)10-17(20)19-16(11-18)15-8-9-15;/h4-7,13,15-16H,3,8-11,18H2,1-2H3,(H,19,20);1H. The molecule has 3 N–H and O–H groups in total. The molecule has 0 spiro atoms. The minimum atomic E-state index is 0. The van der Waals surface area contributed by atoms with Crippen LogP contribution in [-0.2, 0) is 4.79 Å². The number of rotatable bonds is 7. The van der Waals surface area contributed by atoms with Crippen molar-refractivity contribution in [1.29, 1.82) is 0 Å². The molecule has 4 heteroatoms. The van der Waals surface area contributed by atoms with E-state index in [0.717, 1.165) is 6.42 Å². The van der Waals surface area contributed by atoms with E-state index in [4.69, 9.17) is 5.73 Å². The van der Waals surface area contributed by atoms with Crippen molar-refractivity contribution in [2.24, 2.45) is 11.7 Å². The van der Waals surface area contributed by atoms with Crippen LogP contribution >= 0.6 is 12.4 Å². The Morgan fingerprint density at radius 3 is 2.43 bits per heavy atom. The maximum Gasteiger partial charge on any atom is 0.220 e. The second-order valence-electron chi connectivity index (χ2n) is 5.97. The molecule has 1 saturated carbocycles. The first-order valence-electron chi connectivity index (χ1n) is 7.70. The van der Waals surface area contributed by atoms with E-state index in [0.29, 0.717) is 24.8 Å². The molecule has 1 aliphatic rings. The molecule has 0 saturated heterocycles. The Hall–Kier alpha value is -1.06. The molecule has 2 atom stereocenters. The molecular weight excluding hydrogens is 284 g/mol. The summed E-state index contributed by atoms with van der Waals surface area (Å²) in [6.07, 6.45) is 3.95. The van der Waals surface area contributed by atoms with Crippen molar-refractivity contribution in [1.82, 2.24) is 5.32 Å². The number of aryl methyl sites for hydroxylation is 1. The fourth-order valence-electron chi connectivity index (χ4n) is 2.69. The SMILES string of the molecule is CCC(CC(=O)NC(CN)C1CC1)c1ccc(C)cc1.Cl. The van der Waals surface area contributed by atoms with Gasteiger partial charge < -0.3 is 11.1 Å².